The lowest BCUT2D eigenvalue weighted by atomic mass is 10.1. The Morgan fingerprint density at radius 1 is 1.27 bits per heavy atom. The van der Waals surface area contributed by atoms with Crippen LogP contribution in [0.1, 0.15) is 17.3 Å². The first-order valence-corrected chi connectivity index (χ1v) is 8.05. The van der Waals surface area contributed by atoms with Crippen LogP contribution in [0.5, 0.6) is 0 Å². The molecule has 2 aromatic heterocycles. The van der Waals surface area contributed by atoms with Gasteiger partial charge in [0.15, 0.2) is 5.65 Å². The lowest BCUT2D eigenvalue weighted by Crippen LogP contribution is -2.14. The number of hydrogen-bond acceptors (Lipinski definition) is 7. The fourth-order valence-corrected chi connectivity index (χ4v) is 2.50. The average Bonchev–Trinajstić information content (AvgIpc) is 3.10. The summed E-state index contributed by atoms with van der Waals surface area (Å²) in [5.41, 5.74) is 3.11. The molecule has 8 nitrogen and oxygen atoms in total. The van der Waals surface area contributed by atoms with E-state index in [1.54, 1.807) is 23.7 Å². The normalized spacial score (nSPS) is 10.5. The smallest absolute Gasteiger partial charge is 0.343 e. The third-order valence-electron chi connectivity index (χ3n) is 3.72. The molecule has 134 valence electrons. The van der Waals surface area contributed by atoms with E-state index in [0.29, 0.717) is 11.2 Å². The van der Waals surface area contributed by atoms with Crippen LogP contribution < -0.4 is 5.32 Å². The summed E-state index contributed by atoms with van der Waals surface area (Å²) < 4.78 is 11.2. The van der Waals surface area contributed by atoms with Crippen LogP contribution in [0.15, 0.2) is 42.7 Å². The number of aromatic nitrogens is 3. The molecule has 1 N–H and O–H groups in total. The zero-order valence-corrected chi connectivity index (χ0v) is 14.4. The Labute approximate surface area is 149 Å². The molecule has 0 unspecified atom stereocenters. The lowest BCUT2D eigenvalue weighted by Gasteiger charge is -2.09. The van der Waals surface area contributed by atoms with Crippen molar-refractivity contribution in [1.29, 1.82) is 0 Å². The molecule has 3 aromatic rings. The van der Waals surface area contributed by atoms with Crippen LogP contribution in [0.4, 0.5) is 5.69 Å². The first-order valence-electron chi connectivity index (χ1n) is 8.05. The van der Waals surface area contributed by atoms with Gasteiger partial charge in [0, 0.05) is 17.4 Å². The van der Waals surface area contributed by atoms with E-state index >= 15 is 0 Å². The van der Waals surface area contributed by atoms with Crippen molar-refractivity contribution in [1.82, 2.24) is 14.6 Å². The molecular formula is C18H18N4O4. The molecule has 3 rings (SSSR count). The molecule has 2 heterocycles. The Hall–Kier alpha value is -3.42. The van der Waals surface area contributed by atoms with Crippen molar-refractivity contribution >= 4 is 23.3 Å². The van der Waals surface area contributed by atoms with Crippen molar-refractivity contribution in [3.63, 3.8) is 0 Å². The number of esters is 2. The zero-order valence-electron chi connectivity index (χ0n) is 14.4. The molecule has 8 heteroatoms. The van der Waals surface area contributed by atoms with Gasteiger partial charge in [-0.25, -0.2) is 14.3 Å². The Kier molecular flexibility index (Phi) is 5.12. The molecule has 1 aromatic carbocycles. The molecule has 0 bridgehead atoms. The monoisotopic (exact) mass is 354 g/mol. The number of ether oxygens (including phenoxy) is 2. The van der Waals surface area contributed by atoms with E-state index < -0.39 is 5.97 Å². The molecule has 0 amide bonds. The van der Waals surface area contributed by atoms with Gasteiger partial charge in [0.1, 0.15) is 12.1 Å². The third-order valence-corrected chi connectivity index (χ3v) is 3.72. The second-order valence-corrected chi connectivity index (χ2v) is 5.35. The number of anilines is 1. The molecule has 0 fully saturated rings. The second kappa shape index (κ2) is 7.64. The summed E-state index contributed by atoms with van der Waals surface area (Å²) in [4.78, 5) is 27.6. The first kappa shape index (κ1) is 17.4. The van der Waals surface area contributed by atoms with Gasteiger partial charge < -0.3 is 14.8 Å². The number of fused-ring (bicyclic) bond motifs is 1. The maximum absolute atomic E-state index is 12.0. The number of carbonyl (C=O) groups excluding carboxylic acids is 2. The van der Waals surface area contributed by atoms with Gasteiger partial charge in [0.25, 0.3) is 0 Å². The van der Waals surface area contributed by atoms with E-state index in [4.69, 9.17) is 4.74 Å². The summed E-state index contributed by atoms with van der Waals surface area (Å²) in [5.74, 6) is -0.812. The van der Waals surface area contributed by atoms with Crippen molar-refractivity contribution in [2.24, 2.45) is 0 Å². The topological polar surface area (TPSA) is 94.8 Å². The predicted molar refractivity (Wildman–Crippen MR) is 94.9 cm³/mol. The van der Waals surface area contributed by atoms with Crippen LogP contribution in [-0.2, 0) is 14.3 Å². The highest BCUT2D eigenvalue weighted by Gasteiger charge is 2.17. The van der Waals surface area contributed by atoms with Gasteiger partial charge >= 0.3 is 11.9 Å². The van der Waals surface area contributed by atoms with E-state index in [1.807, 2.05) is 24.3 Å². The van der Waals surface area contributed by atoms with Crippen molar-refractivity contribution in [2.75, 3.05) is 25.6 Å². The standard InChI is InChI=1S/C18H18N4O4/c1-3-26-18(24)14-10-21-22-15(7-8-19-17(14)22)12-5-4-6-13(9-12)20-11-16(23)25-2/h4-10,20H,3,11H2,1-2H3. The Bertz CT molecular complexity index is 951. The maximum atomic E-state index is 12.0. The highest BCUT2D eigenvalue weighted by Crippen LogP contribution is 2.24. The van der Waals surface area contributed by atoms with Gasteiger partial charge in [-0.15, -0.1) is 0 Å². The molecular weight excluding hydrogens is 336 g/mol. The molecule has 0 saturated carbocycles. The number of nitrogens with one attached hydrogen (secondary N) is 1. The molecule has 0 spiro atoms. The number of rotatable bonds is 6. The quantitative estimate of drug-likeness (QED) is 0.678. The second-order valence-electron chi connectivity index (χ2n) is 5.35. The molecule has 0 radical (unpaired) electrons. The van der Waals surface area contributed by atoms with Crippen LogP contribution >= 0.6 is 0 Å². The third kappa shape index (κ3) is 3.49. The summed E-state index contributed by atoms with van der Waals surface area (Å²) in [7, 11) is 1.34. The number of benzene rings is 1. The molecule has 0 atom stereocenters. The van der Waals surface area contributed by atoms with Gasteiger partial charge in [0.05, 0.1) is 25.6 Å². The molecule has 0 aliphatic heterocycles. The van der Waals surface area contributed by atoms with E-state index in [1.165, 1.54) is 13.3 Å². The minimum absolute atomic E-state index is 0.0699. The van der Waals surface area contributed by atoms with Crippen LogP contribution in [0.2, 0.25) is 0 Å². The van der Waals surface area contributed by atoms with Gasteiger partial charge in [-0.05, 0) is 25.1 Å². The summed E-state index contributed by atoms with van der Waals surface area (Å²) >= 11 is 0. The van der Waals surface area contributed by atoms with E-state index in [-0.39, 0.29) is 19.1 Å². The van der Waals surface area contributed by atoms with Crippen LogP contribution in [0.25, 0.3) is 16.9 Å². The summed E-state index contributed by atoms with van der Waals surface area (Å²) in [6.45, 7) is 2.10. The van der Waals surface area contributed by atoms with E-state index in [9.17, 15) is 9.59 Å². The summed E-state index contributed by atoms with van der Waals surface area (Å²) in [6, 6.07) is 9.29. The van der Waals surface area contributed by atoms with Crippen molar-refractivity contribution < 1.29 is 19.1 Å². The average molecular weight is 354 g/mol. The van der Waals surface area contributed by atoms with Crippen LogP contribution in [-0.4, -0.2) is 46.8 Å². The fraction of sp³-hybridized carbons (Fsp3) is 0.222. The lowest BCUT2D eigenvalue weighted by molar-refractivity contribution is -0.138. The van der Waals surface area contributed by atoms with Crippen molar-refractivity contribution in [3.8, 4) is 11.3 Å². The van der Waals surface area contributed by atoms with E-state index in [0.717, 1.165) is 16.9 Å². The molecule has 0 aliphatic carbocycles. The highest BCUT2D eigenvalue weighted by molar-refractivity contribution is 5.96. The minimum Gasteiger partial charge on any atom is -0.468 e. The van der Waals surface area contributed by atoms with Gasteiger partial charge in [-0.1, -0.05) is 12.1 Å². The molecule has 26 heavy (non-hydrogen) atoms. The van der Waals surface area contributed by atoms with Gasteiger partial charge in [-0.2, -0.15) is 5.10 Å². The predicted octanol–water partition coefficient (Wildman–Crippen LogP) is 2.16. The number of methoxy groups -OCH3 is 1. The zero-order chi connectivity index (χ0) is 18.5. The Morgan fingerprint density at radius 2 is 2.12 bits per heavy atom. The van der Waals surface area contributed by atoms with Gasteiger partial charge in [0.2, 0.25) is 0 Å². The number of nitrogens with zero attached hydrogens (tertiary/aromatic N) is 3. The number of carbonyl (C=O) groups is 2. The fourth-order valence-electron chi connectivity index (χ4n) is 2.50. The summed E-state index contributed by atoms with van der Waals surface area (Å²) in [6.07, 6.45) is 3.06. The van der Waals surface area contributed by atoms with E-state index in [2.05, 4.69) is 20.1 Å². The van der Waals surface area contributed by atoms with Crippen LogP contribution in [0, 0.1) is 0 Å². The molecule has 0 aliphatic rings. The largest absolute Gasteiger partial charge is 0.468 e. The van der Waals surface area contributed by atoms with Crippen LogP contribution in [0.3, 0.4) is 0 Å². The van der Waals surface area contributed by atoms with Crippen molar-refractivity contribution in [3.05, 3.63) is 48.3 Å². The minimum atomic E-state index is -0.458. The first-order chi connectivity index (χ1) is 12.6. The van der Waals surface area contributed by atoms with Gasteiger partial charge in [-0.3, -0.25) is 4.79 Å². The SMILES string of the molecule is CCOC(=O)c1cnn2c(-c3cccc(NCC(=O)OC)c3)ccnc12. The molecule has 0 saturated heterocycles. The number of hydrogen-bond donors (Lipinski definition) is 1. The summed E-state index contributed by atoms with van der Waals surface area (Å²) in [5, 5.41) is 7.27. The highest BCUT2D eigenvalue weighted by atomic mass is 16.5. The van der Waals surface area contributed by atoms with Crippen molar-refractivity contribution in [2.45, 2.75) is 6.92 Å². The Morgan fingerprint density at radius 3 is 2.88 bits per heavy atom. The Balaban J connectivity index is 1.96. The maximum Gasteiger partial charge on any atom is 0.343 e.